The van der Waals surface area contributed by atoms with Crippen LogP contribution in [0, 0.1) is 13.8 Å². The van der Waals surface area contributed by atoms with Crippen molar-refractivity contribution in [2.45, 2.75) is 18.7 Å². The predicted octanol–water partition coefficient (Wildman–Crippen LogP) is 2.60. The molecule has 134 valence electrons. The number of carbonyl (C=O) groups excluding carboxylic acids is 1. The van der Waals surface area contributed by atoms with Gasteiger partial charge in [-0.1, -0.05) is 24.3 Å². The van der Waals surface area contributed by atoms with E-state index in [0.717, 1.165) is 21.1 Å². The normalized spacial score (nSPS) is 11.4. The molecule has 2 N–H and O–H groups in total. The molecule has 25 heavy (non-hydrogen) atoms. The number of amides is 1. The maximum absolute atomic E-state index is 12.2. The summed E-state index contributed by atoms with van der Waals surface area (Å²) in [4.78, 5) is 12.3. The molecule has 0 aliphatic heterocycles. The molecule has 6 nitrogen and oxygen atoms in total. The van der Waals surface area contributed by atoms with Crippen LogP contribution in [0.4, 0.5) is 11.4 Å². The molecule has 0 bridgehead atoms. The maximum atomic E-state index is 12.2. The van der Waals surface area contributed by atoms with Gasteiger partial charge in [-0.2, -0.15) is 0 Å². The van der Waals surface area contributed by atoms with Crippen molar-refractivity contribution in [3.63, 3.8) is 0 Å². The lowest BCUT2D eigenvalue weighted by molar-refractivity contribution is -0.114. The van der Waals surface area contributed by atoms with Gasteiger partial charge in [-0.15, -0.1) is 0 Å². The highest BCUT2D eigenvalue weighted by Crippen LogP contribution is 2.22. The number of aryl methyl sites for hydroxylation is 2. The Morgan fingerprint density at radius 2 is 1.64 bits per heavy atom. The largest absolute Gasteiger partial charge is 0.376 e. The van der Waals surface area contributed by atoms with E-state index in [1.165, 1.54) is 14.1 Å². The zero-order valence-electron chi connectivity index (χ0n) is 14.8. The number of para-hydroxylation sites is 1. The van der Waals surface area contributed by atoms with Gasteiger partial charge in [0.25, 0.3) is 0 Å². The number of anilines is 2. The van der Waals surface area contributed by atoms with Crippen LogP contribution in [0.2, 0.25) is 0 Å². The molecule has 0 aliphatic rings. The van der Waals surface area contributed by atoms with Crippen LogP contribution in [-0.2, 0) is 14.8 Å². The molecule has 0 heterocycles. The SMILES string of the molecule is Cc1ccc(S(=O)(=O)N(C)C)cc1NCC(=O)Nc1ccccc1C. The van der Waals surface area contributed by atoms with E-state index in [9.17, 15) is 13.2 Å². The fourth-order valence-corrected chi connectivity index (χ4v) is 3.17. The summed E-state index contributed by atoms with van der Waals surface area (Å²) in [5.74, 6) is -0.199. The Hall–Kier alpha value is -2.38. The quantitative estimate of drug-likeness (QED) is 0.829. The summed E-state index contributed by atoms with van der Waals surface area (Å²) < 4.78 is 25.6. The fourth-order valence-electron chi connectivity index (χ4n) is 2.25. The van der Waals surface area contributed by atoms with Gasteiger partial charge in [0, 0.05) is 25.5 Å². The van der Waals surface area contributed by atoms with Crippen molar-refractivity contribution in [3.8, 4) is 0 Å². The number of sulfonamides is 1. The molecule has 0 spiro atoms. The van der Waals surface area contributed by atoms with Crippen molar-refractivity contribution in [2.24, 2.45) is 0 Å². The fraction of sp³-hybridized carbons (Fsp3) is 0.278. The van der Waals surface area contributed by atoms with Crippen molar-refractivity contribution < 1.29 is 13.2 Å². The van der Waals surface area contributed by atoms with Crippen molar-refractivity contribution in [3.05, 3.63) is 53.6 Å². The summed E-state index contributed by atoms with van der Waals surface area (Å²) in [5.41, 5.74) is 3.21. The van der Waals surface area contributed by atoms with Gasteiger partial charge in [0.2, 0.25) is 15.9 Å². The topological polar surface area (TPSA) is 78.5 Å². The van der Waals surface area contributed by atoms with Crippen molar-refractivity contribution in [1.29, 1.82) is 0 Å². The van der Waals surface area contributed by atoms with E-state index >= 15 is 0 Å². The Morgan fingerprint density at radius 1 is 1.00 bits per heavy atom. The number of carbonyl (C=O) groups is 1. The number of hydrogen-bond acceptors (Lipinski definition) is 4. The van der Waals surface area contributed by atoms with Gasteiger partial charge in [0.1, 0.15) is 0 Å². The van der Waals surface area contributed by atoms with Crippen LogP contribution in [-0.4, -0.2) is 39.3 Å². The third-order valence-electron chi connectivity index (χ3n) is 3.85. The highest BCUT2D eigenvalue weighted by atomic mass is 32.2. The summed E-state index contributed by atoms with van der Waals surface area (Å²) in [7, 11) is -0.548. The average molecular weight is 361 g/mol. The predicted molar refractivity (Wildman–Crippen MR) is 100 cm³/mol. The molecule has 0 saturated heterocycles. The molecule has 1 amide bonds. The van der Waals surface area contributed by atoms with Crippen LogP contribution in [0.15, 0.2) is 47.4 Å². The molecule has 0 fully saturated rings. The maximum Gasteiger partial charge on any atom is 0.243 e. The minimum absolute atomic E-state index is 0.0423. The van der Waals surface area contributed by atoms with E-state index in [1.54, 1.807) is 18.2 Å². The standard InChI is InChI=1S/C18H23N3O3S/c1-13-7-5-6-8-16(13)20-18(22)12-19-17-11-15(10-9-14(17)2)25(23,24)21(3)4/h5-11,19H,12H2,1-4H3,(H,20,22). The Morgan fingerprint density at radius 3 is 2.28 bits per heavy atom. The van der Waals surface area contributed by atoms with Gasteiger partial charge in [0.05, 0.1) is 11.4 Å². The van der Waals surface area contributed by atoms with Crippen molar-refractivity contribution in [1.82, 2.24) is 4.31 Å². The molecule has 7 heteroatoms. The molecule has 0 aliphatic carbocycles. The number of nitrogens with zero attached hydrogens (tertiary/aromatic N) is 1. The van der Waals surface area contributed by atoms with Crippen LogP contribution in [0.1, 0.15) is 11.1 Å². The van der Waals surface area contributed by atoms with Gasteiger partial charge in [0.15, 0.2) is 0 Å². The zero-order valence-corrected chi connectivity index (χ0v) is 15.6. The summed E-state index contributed by atoms with van der Waals surface area (Å²) in [5, 5.41) is 5.84. The summed E-state index contributed by atoms with van der Waals surface area (Å²) >= 11 is 0. The first-order valence-electron chi connectivity index (χ1n) is 7.84. The summed E-state index contributed by atoms with van der Waals surface area (Å²) in [6.45, 7) is 3.82. The van der Waals surface area contributed by atoms with E-state index in [1.807, 2.05) is 38.1 Å². The highest BCUT2D eigenvalue weighted by Gasteiger charge is 2.18. The Labute approximate surface area is 148 Å². The summed E-state index contributed by atoms with van der Waals surface area (Å²) in [6.07, 6.45) is 0. The smallest absolute Gasteiger partial charge is 0.243 e. The van der Waals surface area contributed by atoms with Crippen LogP contribution < -0.4 is 10.6 Å². The van der Waals surface area contributed by atoms with Gasteiger partial charge >= 0.3 is 0 Å². The molecule has 2 aromatic carbocycles. The number of rotatable bonds is 6. The lowest BCUT2D eigenvalue weighted by Crippen LogP contribution is -2.24. The Bertz CT molecular complexity index is 877. The van der Waals surface area contributed by atoms with Crippen LogP contribution in [0.3, 0.4) is 0 Å². The van der Waals surface area contributed by atoms with Crippen molar-refractivity contribution >= 4 is 27.3 Å². The van der Waals surface area contributed by atoms with Crippen LogP contribution >= 0.6 is 0 Å². The minimum atomic E-state index is -3.52. The second kappa shape index (κ2) is 7.67. The molecule has 0 unspecified atom stereocenters. The third kappa shape index (κ3) is 4.58. The van der Waals surface area contributed by atoms with E-state index in [2.05, 4.69) is 10.6 Å². The lowest BCUT2D eigenvalue weighted by atomic mass is 10.2. The number of nitrogens with one attached hydrogen (secondary N) is 2. The van der Waals surface area contributed by atoms with Crippen molar-refractivity contribution in [2.75, 3.05) is 31.3 Å². The molecule has 2 aromatic rings. The van der Waals surface area contributed by atoms with Gasteiger partial charge in [-0.25, -0.2) is 12.7 Å². The van der Waals surface area contributed by atoms with Gasteiger partial charge in [-0.3, -0.25) is 4.79 Å². The van der Waals surface area contributed by atoms with Crippen LogP contribution in [0.25, 0.3) is 0 Å². The molecule has 0 saturated carbocycles. The van der Waals surface area contributed by atoms with E-state index < -0.39 is 10.0 Å². The van der Waals surface area contributed by atoms with E-state index in [4.69, 9.17) is 0 Å². The Kier molecular flexibility index (Phi) is 5.81. The first kappa shape index (κ1) is 19.0. The molecular formula is C18H23N3O3S. The summed E-state index contributed by atoms with van der Waals surface area (Å²) in [6, 6.07) is 12.3. The number of benzene rings is 2. The third-order valence-corrected chi connectivity index (χ3v) is 5.66. The molecule has 0 aromatic heterocycles. The van der Waals surface area contributed by atoms with Crippen LogP contribution in [0.5, 0.6) is 0 Å². The molecular weight excluding hydrogens is 338 g/mol. The first-order chi connectivity index (χ1) is 11.7. The molecule has 0 radical (unpaired) electrons. The monoisotopic (exact) mass is 361 g/mol. The lowest BCUT2D eigenvalue weighted by Gasteiger charge is -2.15. The second-order valence-electron chi connectivity index (χ2n) is 5.98. The van der Waals surface area contributed by atoms with Gasteiger partial charge in [-0.05, 0) is 43.2 Å². The second-order valence-corrected chi connectivity index (χ2v) is 8.13. The number of hydrogen-bond donors (Lipinski definition) is 2. The zero-order chi connectivity index (χ0) is 18.6. The van der Waals surface area contributed by atoms with Gasteiger partial charge < -0.3 is 10.6 Å². The highest BCUT2D eigenvalue weighted by molar-refractivity contribution is 7.89. The van der Waals surface area contributed by atoms with E-state index in [-0.39, 0.29) is 17.3 Å². The molecule has 2 rings (SSSR count). The minimum Gasteiger partial charge on any atom is -0.376 e. The Balaban J connectivity index is 2.10. The van der Waals surface area contributed by atoms with E-state index in [0.29, 0.717) is 5.69 Å². The average Bonchev–Trinajstić information content (AvgIpc) is 2.56. The first-order valence-corrected chi connectivity index (χ1v) is 9.28. The molecule has 0 atom stereocenters.